The van der Waals surface area contributed by atoms with Gasteiger partial charge in [-0.25, -0.2) is 4.98 Å². The van der Waals surface area contributed by atoms with Gasteiger partial charge in [-0.3, -0.25) is 9.69 Å². The summed E-state index contributed by atoms with van der Waals surface area (Å²) in [6, 6.07) is 5.74. The molecule has 31 heavy (non-hydrogen) atoms. The molecule has 0 aliphatic carbocycles. The first kappa shape index (κ1) is 22.5. The van der Waals surface area contributed by atoms with Crippen LogP contribution in [0.1, 0.15) is 29.8 Å². The molecule has 1 aromatic carbocycles. The molecule has 2 aromatic rings. The highest BCUT2D eigenvalue weighted by Crippen LogP contribution is 2.36. The maximum absolute atomic E-state index is 13.2. The number of carbonyl (C=O) groups excluding carboxylic acids is 1. The van der Waals surface area contributed by atoms with Crippen molar-refractivity contribution in [3.63, 3.8) is 0 Å². The average Bonchev–Trinajstić information content (AvgIpc) is 3.28. The zero-order valence-corrected chi connectivity index (χ0v) is 19.6. The molecule has 0 unspecified atom stereocenters. The molecule has 168 valence electrons. The molecule has 1 amide bonds. The molecule has 0 saturated carbocycles. The van der Waals surface area contributed by atoms with Crippen molar-refractivity contribution in [2.45, 2.75) is 32.7 Å². The summed E-state index contributed by atoms with van der Waals surface area (Å²) in [6.45, 7) is 7.75. The fraction of sp³-hybridized carbons (Fsp3) is 0.565. The van der Waals surface area contributed by atoms with E-state index >= 15 is 0 Å². The Bertz CT molecular complexity index is 873. The largest absolute Gasteiger partial charge is 0.493 e. The first-order valence-corrected chi connectivity index (χ1v) is 12.1. The van der Waals surface area contributed by atoms with Crippen molar-refractivity contribution in [2.75, 3.05) is 46.0 Å². The molecule has 3 heterocycles. The van der Waals surface area contributed by atoms with E-state index in [1.165, 1.54) is 0 Å². The summed E-state index contributed by atoms with van der Waals surface area (Å²) in [5.41, 5.74) is 0.768. The summed E-state index contributed by atoms with van der Waals surface area (Å²) in [6.07, 6.45) is 4.37. The van der Waals surface area contributed by atoms with Gasteiger partial charge in [0.05, 0.1) is 26.4 Å². The lowest BCUT2D eigenvalue weighted by molar-refractivity contribution is -0.139. The van der Waals surface area contributed by atoms with Crippen LogP contribution in [0.15, 0.2) is 29.8 Å². The van der Waals surface area contributed by atoms with Gasteiger partial charge < -0.3 is 14.4 Å². The monoisotopic (exact) mass is 463 g/mol. The quantitative estimate of drug-likeness (QED) is 0.620. The second-order valence-electron chi connectivity index (χ2n) is 8.61. The predicted molar refractivity (Wildman–Crippen MR) is 123 cm³/mol. The van der Waals surface area contributed by atoms with Crippen LogP contribution in [0.3, 0.4) is 0 Å². The standard InChI is InChI=1S/C23H30ClN3O3S/c1-18-13-19(3-4-20(18)24)30-17-23(14-22(28)27-8-10-29-11-9-27)5-2-7-26(16-23)15-21-25-6-12-31-21/h3-4,6,12-13H,2,5,7-11,14-17H2,1H3/t23-/m1/s1. The van der Waals surface area contributed by atoms with Crippen molar-refractivity contribution in [1.29, 1.82) is 0 Å². The van der Waals surface area contributed by atoms with Crippen LogP contribution in [-0.2, 0) is 16.1 Å². The zero-order chi connectivity index (χ0) is 21.7. The number of amides is 1. The Morgan fingerprint density at radius 2 is 2.16 bits per heavy atom. The van der Waals surface area contributed by atoms with Crippen LogP contribution < -0.4 is 4.74 Å². The third-order valence-corrected chi connectivity index (χ3v) is 7.34. The molecular weight excluding hydrogens is 434 g/mol. The lowest BCUT2D eigenvalue weighted by atomic mass is 9.77. The molecule has 0 radical (unpaired) electrons. The molecule has 6 nitrogen and oxygen atoms in total. The number of nitrogens with zero attached hydrogens (tertiary/aromatic N) is 3. The van der Waals surface area contributed by atoms with Crippen LogP contribution in [0.25, 0.3) is 0 Å². The van der Waals surface area contributed by atoms with Gasteiger partial charge in [-0.1, -0.05) is 11.6 Å². The van der Waals surface area contributed by atoms with Crippen LogP contribution in [-0.4, -0.2) is 66.7 Å². The Morgan fingerprint density at radius 3 is 2.90 bits per heavy atom. The molecule has 4 rings (SSSR count). The van der Waals surface area contributed by atoms with Crippen molar-refractivity contribution >= 4 is 28.8 Å². The number of thiazole rings is 1. The smallest absolute Gasteiger partial charge is 0.223 e. The highest BCUT2D eigenvalue weighted by molar-refractivity contribution is 7.09. The summed E-state index contributed by atoms with van der Waals surface area (Å²) in [5.74, 6) is 1.01. The van der Waals surface area contributed by atoms with E-state index in [4.69, 9.17) is 21.1 Å². The number of aromatic nitrogens is 1. The second-order valence-corrected chi connectivity index (χ2v) is 10.00. The first-order valence-electron chi connectivity index (χ1n) is 10.9. The van der Waals surface area contributed by atoms with Gasteiger partial charge in [-0.15, -0.1) is 11.3 Å². The Balaban J connectivity index is 1.48. The van der Waals surface area contributed by atoms with Crippen LogP contribution >= 0.6 is 22.9 Å². The summed E-state index contributed by atoms with van der Waals surface area (Å²) in [4.78, 5) is 22.0. The van der Waals surface area contributed by atoms with Crippen molar-refractivity contribution in [3.05, 3.63) is 45.4 Å². The van der Waals surface area contributed by atoms with Gasteiger partial charge in [-0.05, 0) is 50.1 Å². The Hall–Kier alpha value is -1.67. The summed E-state index contributed by atoms with van der Waals surface area (Å²) < 4.78 is 11.7. The van der Waals surface area contributed by atoms with E-state index in [1.807, 2.05) is 41.6 Å². The summed E-state index contributed by atoms with van der Waals surface area (Å²) >= 11 is 7.85. The number of ether oxygens (including phenoxy) is 2. The number of halogens is 1. The molecule has 2 saturated heterocycles. The normalized spacial score (nSPS) is 22.5. The fourth-order valence-corrected chi connectivity index (χ4v) is 5.24. The number of likely N-dealkylation sites (tertiary alicyclic amines) is 1. The molecule has 8 heteroatoms. The van der Waals surface area contributed by atoms with Crippen molar-refractivity contribution in [1.82, 2.24) is 14.8 Å². The van der Waals surface area contributed by atoms with Gasteiger partial charge in [0, 0.05) is 48.1 Å². The van der Waals surface area contributed by atoms with E-state index < -0.39 is 0 Å². The number of carbonyl (C=O) groups is 1. The van der Waals surface area contributed by atoms with E-state index in [2.05, 4.69) is 9.88 Å². The van der Waals surface area contributed by atoms with Gasteiger partial charge >= 0.3 is 0 Å². The van der Waals surface area contributed by atoms with E-state index in [0.29, 0.717) is 39.3 Å². The molecule has 0 bridgehead atoms. The molecule has 0 spiro atoms. The van der Waals surface area contributed by atoms with Gasteiger partial charge in [0.1, 0.15) is 10.8 Å². The Labute approximate surface area is 193 Å². The third kappa shape index (κ3) is 5.98. The minimum absolute atomic E-state index is 0.204. The van der Waals surface area contributed by atoms with Crippen molar-refractivity contribution in [3.8, 4) is 5.75 Å². The highest BCUT2D eigenvalue weighted by Gasteiger charge is 2.40. The maximum Gasteiger partial charge on any atom is 0.223 e. The van der Waals surface area contributed by atoms with E-state index in [1.54, 1.807) is 11.3 Å². The Kier molecular flexibility index (Phi) is 7.48. The van der Waals surface area contributed by atoms with Crippen LogP contribution in [0.2, 0.25) is 5.02 Å². The van der Waals surface area contributed by atoms with Gasteiger partial charge in [0.2, 0.25) is 5.91 Å². The SMILES string of the molecule is Cc1cc(OC[C@@]2(CC(=O)N3CCOCC3)CCCN(Cc3nccs3)C2)ccc1Cl. The van der Waals surface area contributed by atoms with E-state index in [0.717, 1.165) is 53.8 Å². The number of aryl methyl sites for hydroxylation is 1. The molecule has 0 N–H and O–H groups in total. The maximum atomic E-state index is 13.2. The number of morpholine rings is 1. The molecule has 2 fully saturated rings. The average molecular weight is 464 g/mol. The topological polar surface area (TPSA) is 54.9 Å². The lowest BCUT2D eigenvalue weighted by Gasteiger charge is -2.43. The minimum atomic E-state index is -0.224. The lowest BCUT2D eigenvalue weighted by Crippen LogP contribution is -2.50. The van der Waals surface area contributed by atoms with Crippen molar-refractivity contribution in [2.24, 2.45) is 5.41 Å². The number of rotatable bonds is 7. The number of piperidine rings is 1. The van der Waals surface area contributed by atoms with Gasteiger partial charge in [-0.2, -0.15) is 0 Å². The van der Waals surface area contributed by atoms with Gasteiger partial charge in [0.25, 0.3) is 0 Å². The minimum Gasteiger partial charge on any atom is -0.493 e. The van der Waals surface area contributed by atoms with Crippen molar-refractivity contribution < 1.29 is 14.3 Å². The van der Waals surface area contributed by atoms with E-state index in [9.17, 15) is 4.79 Å². The second kappa shape index (κ2) is 10.3. The number of benzene rings is 1. The molecule has 2 aliphatic heterocycles. The number of hydrogen-bond donors (Lipinski definition) is 0. The molecular formula is C23H30ClN3O3S. The highest BCUT2D eigenvalue weighted by atomic mass is 35.5. The number of hydrogen-bond acceptors (Lipinski definition) is 6. The summed E-state index contributed by atoms with van der Waals surface area (Å²) in [5, 5.41) is 3.86. The van der Waals surface area contributed by atoms with Gasteiger partial charge in [0.15, 0.2) is 0 Å². The molecule has 1 aromatic heterocycles. The third-order valence-electron chi connectivity index (χ3n) is 6.15. The molecule has 2 aliphatic rings. The Morgan fingerprint density at radius 1 is 1.32 bits per heavy atom. The van der Waals surface area contributed by atoms with E-state index in [-0.39, 0.29) is 11.3 Å². The fourth-order valence-electron chi connectivity index (χ4n) is 4.47. The summed E-state index contributed by atoms with van der Waals surface area (Å²) in [7, 11) is 0. The van der Waals surface area contributed by atoms with Crippen LogP contribution in [0, 0.1) is 12.3 Å². The molecule has 1 atom stereocenters. The van der Waals surface area contributed by atoms with Crippen LogP contribution in [0.4, 0.5) is 0 Å². The predicted octanol–water partition coefficient (Wildman–Crippen LogP) is 4.02. The zero-order valence-electron chi connectivity index (χ0n) is 18.0. The first-order chi connectivity index (χ1) is 15.0. The van der Waals surface area contributed by atoms with Crippen LogP contribution in [0.5, 0.6) is 5.75 Å².